The fourth-order valence-corrected chi connectivity index (χ4v) is 3.02. The zero-order chi connectivity index (χ0) is 14.0. The number of thiazole rings is 1. The van der Waals surface area contributed by atoms with Gasteiger partial charge in [0, 0.05) is 23.7 Å². The Morgan fingerprint density at radius 3 is 2.89 bits per heavy atom. The second-order valence-corrected chi connectivity index (χ2v) is 6.01. The molecule has 7 heteroatoms. The number of carboxylic acids is 1. The van der Waals surface area contributed by atoms with Crippen LogP contribution >= 0.6 is 11.3 Å². The van der Waals surface area contributed by atoms with E-state index in [1.165, 1.54) is 0 Å². The number of carbonyl (C=O) groups excluding carboxylic acids is 1. The van der Waals surface area contributed by atoms with Gasteiger partial charge in [-0.1, -0.05) is 0 Å². The second kappa shape index (κ2) is 5.56. The maximum atomic E-state index is 12.0. The highest BCUT2D eigenvalue weighted by atomic mass is 32.1. The van der Waals surface area contributed by atoms with Crippen molar-refractivity contribution >= 4 is 23.3 Å². The van der Waals surface area contributed by atoms with Gasteiger partial charge in [-0.15, -0.1) is 11.3 Å². The van der Waals surface area contributed by atoms with Crippen LogP contribution in [0, 0.1) is 12.8 Å². The standard InChI is InChI=1S/C12H17N3O3S/c1-7-5-13-10(19-7)6-14-12(18)15-4-3-9(8(15)2)11(16)17/h5,8-9H,3-4,6H2,1-2H3,(H,14,18)(H,16,17). The average Bonchev–Trinajstić information content (AvgIpc) is 2.92. The van der Waals surface area contributed by atoms with Crippen LogP contribution in [-0.4, -0.2) is 39.6 Å². The van der Waals surface area contributed by atoms with Gasteiger partial charge in [-0.25, -0.2) is 9.78 Å². The lowest BCUT2D eigenvalue weighted by Gasteiger charge is -2.23. The first-order chi connectivity index (χ1) is 8.99. The molecule has 104 valence electrons. The van der Waals surface area contributed by atoms with Crippen molar-refractivity contribution in [1.29, 1.82) is 0 Å². The van der Waals surface area contributed by atoms with Crippen molar-refractivity contribution in [1.82, 2.24) is 15.2 Å². The van der Waals surface area contributed by atoms with Crippen LogP contribution in [0.2, 0.25) is 0 Å². The van der Waals surface area contributed by atoms with Gasteiger partial charge in [-0.2, -0.15) is 0 Å². The van der Waals surface area contributed by atoms with Crippen molar-refractivity contribution in [2.45, 2.75) is 32.9 Å². The molecule has 1 aromatic heterocycles. The van der Waals surface area contributed by atoms with Crippen LogP contribution < -0.4 is 5.32 Å². The number of nitrogens with one attached hydrogen (secondary N) is 1. The minimum Gasteiger partial charge on any atom is -0.481 e. The highest BCUT2D eigenvalue weighted by molar-refractivity contribution is 7.11. The fourth-order valence-electron chi connectivity index (χ4n) is 2.29. The van der Waals surface area contributed by atoms with Gasteiger partial charge in [-0.3, -0.25) is 4.79 Å². The minimum absolute atomic E-state index is 0.218. The summed E-state index contributed by atoms with van der Waals surface area (Å²) in [7, 11) is 0. The summed E-state index contributed by atoms with van der Waals surface area (Å²) in [6.07, 6.45) is 2.28. The van der Waals surface area contributed by atoms with Crippen LogP contribution in [0.5, 0.6) is 0 Å². The van der Waals surface area contributed by atoms with Crippen molar-refractivity contribution in [3.05, 3.63) is 16.1 Å². The number of hydrogen-bond acceptors (Lipinski definition) is 4. The molecule has 1 aliphatic rings. The SMILES string of the molecule is Cc1cnc(CNC(=O)N2CCC(C(=O)O)C2C)s1. The molecule has 0 saturated carbocycles. The van der Waals surface area contributed by atoms with E-state index >= 15 is 0 Å². The van der Waals surface area contributed by atoms with Crippen LogP contribution in [0.1, 0.15) is 23.2 Å². The van der Waals surface area contributed by atoms with Gasteiger partial charge in [-0.05, 0) is 20.3 Å². The number of aryl methyl sites for hydroxylation is 1. The van der Waals surface area contributed by atoms with Gasteiger partial charge in [0.2, 0.25) is 0 Å². The van der Waals surface area contributed by atoms with Gasteiger partial charge < -0.3 is 15.3 Å². The molecule has 0 radical (unpaired) electrons. The fraction of sp³-hybridized carbons (Fsp3) is 0.583. The van der Waals surface area contributed by atoms with E-state index in [2.05, 4.69) is 10.3 Å². The molecule has 6 nitrogen and oxygen atoms in total. The Morgan fingerprint density at radius 1 is 1.63 bits per heavy atom. The van der Waals surface area contributed by atoms with Crippen LogP contribution in [0.15, 0.2) is 6.20 Å². The quantitative estimate of drug-likeness (QED) is 0.879. The van der Waals surface area contributed by atoms with Gasteiger partial charge in [0.05, 0.1) is 12.5 Å². The largest absolute Gasteiger partial charge is 0.481 e. The highest BCUT2D eigenvalue weighted by Gasteiger charge is 2.37. The van der Waals surface area contributed by atoms with Crippen molar-refractivity contribution in [2.24, 2.45) is 5.92 Å². The van der Waals surface area contributed by atoms with Crippen molar-refractivity contribution in [2.75, 3.05) is 6.54 Å². The second-order valence-electron chi connectivity index (χ2n) is 4.69. The van der Waals surface area contributed by atoms with Crippen molar-refractivity contribution in [3.8, 4) is 0 Å². The van der Waals surface area contributed by atoms with E-state index in [-0.39, 0.29) is 12.1 Å². The summed E-state index contributed by atoms with van der Waals surface area (Å²) >= 11 is 1.54. The molecule has 1 saturated heterocycles. The summed E-state index contributed by atoms with van der Waals surface area (Å²) in [6.45, 7) is 4.61. The maximum Gasteiger partial charge on any atom is 0.318 e. The Morgan fingerprint density at radius 2 is 2.37 bits per heavy atom. The summed E-state index contributed by atoms with van der Waals surface area (Å²) in [4.78, 5) is 29.9. The van der Waals surface area contributed by atoms with Crippen LogP contribution in [-0.2, 0) is 11.3 Å². The smallest absolute Gasteiger partial charge is 0.318 e. The summed E-state index contributed by atoms with van der Waals surface area (Å²) in [5.74, 6) is -1.30. The maximum absolute atomic E-state index is 12.0. The first kappa shape index (κ1) is 13.8. The number of urea groups is 1. The molecule has 0 aromatic carbocycles. The molecule has 19 heavy (non-hydrogen) atoms. The zero-order valence-corrected chi connectivity index (χ0v) is 11.7. The van der Waals surface area contributed by atoms with E-state index in [4.69, 9.17) is 5.11 Å². The first-order valence-electron chi connectivity index (χ1n) is 6.17. The third-order valence-corrected chi connectivity index (χ3v) is 4.31. The first-order valence-corrected chi connectivity index (χ1v) is 6.99. The summed E-state index contributed by atoms with van der Waals surface area (Å²) in [6, 6.07) is -0.486. The molecule has 2 unspecified atom stereocenters. The molecular formula is C12H17N3O3S. The third-order valence-electron chi connectivity index (χ3n) is 3.39. The monoisotopic (exact) mass is 283 g/mol. The number of amides is 2. The topological polar surface area (TPSA) is 82.5 Å². The summed E-state index contributed by atoms with van der Waals surface area (Å²) in [5.41, 5.74) is 0. The Kier molecular flexibility index (Phi) is 4.04. The molecule has 2 heterocycles. The Bertz CT molecular complexity index is 488. The predicted octanol–water partition coefficient (Wildman–Crippen LogP) is 1.46. The van der Waals surface area contributed by atoms with E-state index in [0.717, 1.165) is 9.88 Å². The molecule has 2 N–H and O–H groups in total. The van der Waals surface area contributed by atoms with E-state index < -0.39 is 11.9 Å². The number of likely N-dealkylation sites (tertiary alicyclic amines) is 1. The van der Waals surface area contributed by atoms with Crippen molar-refractivity contribution in [3.63, 3.8) is 0 Å². The molecule has 1 fully saturated rings. The molecule has 1 aliphatic heterocycles. The number of aromatic nitrogens is 1. The Hall–Kier alpha value is -1.63. The van der Waals surface area contributed by atoms with Gasteiger partial charge in [0.25, 0.3) is 0 Å². The number of hydrogen-bond donors (Lipinski definition) is 2. The van der Waals surface area contributed by atoms with Crippen LogP contribution in [0.4, 0.5) is 4.79 Å². The summed E-state index contributed by atoms with van der Waals surface area (Å²) < 4.78 is 0. The predicted molar refractivity (Wildman–Crippen MR) is 71.0 cm³/mol. The highest BCUT2D eigenvalue weighted by Crippen LogP contribution is 2.24. The number of carboxylic acid groups (broad SMARTS) is 1. The molecule has 0 bridgehead atoms. The van der Waals surface area contributed by atoms with Gasteiger partial charge in [0.1, 0.15) is 5.01 Å². The van der Waals surface area contributed by atoms with E-state index in [0.29, 0.717) is 19.5 Å². The molecule has 0 aliphatic carbocycles. The minimum atomic E-state index is -0.835. The third kappa shape index (κ3) is 3.04. The lowest BCUT2D eigenvalue weighted by atomic mass is 10.0. The van der Waals surface area contributed by atoms with Crippen molar-refractivity contribution < 1.29 is 14.7 Å². The van der Waals surface area contributed by atoms with E-state index in [1.54, 1.807) is 29.4 Å². The number of rotatable bonds is 3. The molecular weight excluding hydrogens is 266 g/mol. The molecule has 2 atom stereocenters. The Labute approximate surface area is 115 Å². The van der Waals surface area contributed by atoms with Gasteiger partial charge in [0.15, 0.2) is 0 Å². The van der Waals surface area contributed by atoms with Crippen LogP contribution in [0.25, 0.3) is 0 Å². The molecule has 0 spiro atoms. The molecule has 2 rings (SSSR count). The zero-order valence-electron chi connectivity index (χ0n) is 10.9. The lowest BCUT2D eigenvalue weighted by Crippen LogP contribution is -2.43. The van der Waals surface area contributed by atoms with Gasteiger partial charge >= 0.3 is 12.0 Å². The number of aliphatic carboxylic acids is 1. The van der Waals surface area contributed by atoms with E-state index in [9.17, 15) is 9.59 Å². The molecule has 1 aromatic rings. The normalized spacial score (nSPS) is 22.5. The summed E-state index contributed by atoms with van der Waals surface area (Å²) in [5, 5.41) is 12.7. The number of nitrogens with zero attached hydrogens (tertiary/aromatic N) is 2. The number of carbonyl (C=O) groups is 2. The molecule has 2 amide bonds. The van der Waals surface area contributed by atoms with E-state index in [1.807, 2.05) is 6.92 Å². The lowest BCUT2D eigenvalue weighted by molar-refractivity contribution is -0.142. The van der Waals surface area contributed by atoms with Crippen LogP contribution in [0.3, 0.4) is 0 Å². The Balaban J connectivity index is 1.89. The average molecular weight is 283 g/mol.